The van der Waals surface area contributed by atoms with Crippen LogP contribution in [0, 0.1) is 0 Å². The predicted octanol–water partition coefficient (Wildman–Crippen LogP) is 0.735. The van der Waals surface area contributed by atoms with E-state index in [2.05, 4.69) is 0 Å². The second-order valence-electron chi connectivity index (χ2n) is 3.26. The minimum absolute atomic E-state index is 0.0369. The Balaban J connectivity index is 4.09. The maximum Gasteiger partial charge on any atom is 0.305 e. The van der Waals surface area contributed by atoms with Gasteiger partial charge < -0.3 is 14.7 Å². The largest absolute Gasteiger partial charge is 0.481 e. The van der Waals surface area contributed by atoms with Crippen molar-refractivity contribution in [1.82, 2.24) is 4.90 Å². The Morgan fingerprint density at radius 2 is 2.00 bits per heavy atom. The summed E-state index contributed by atoms with van der Waals surface area (Å²) in [7, 11) is 1.59. The summed E-state index contributed by atoms with van der Waals surface area (Å²) in [6.45, 7) is 4.39. The van der Waals surface area contributed by atoms with Crippen LogP contribution in [0.2, 0.25) is 0 Å². The van der Waals surface area contributed by atoms with E-state index in [-0.39, 0.29) is 18.9 Å². The van der Waals surface area contributed by atoms with Gasteiger partial charge in [-0.25, -0.2) is 0 Å². The Morgan fingerprint density at radius 3 is 2.40 bits per heavy atom. The van der Waals surface area contributed by atoms with E-state index in [0.29, 0.717) is 13.0 Å². The molecule has 0 aromatic carbocycles. The molecule has 0 aliphatic heterocycles. The lowest BCUT2D eigenvalue weighted by Crippen LogP contribution is -2.38. The van der Waals surface area contributed by atoms with E-state index in [1.165, 1.54) is 4.90 Å². The van der Waals surface area contributed by atoms with Crippen molar-refractivity contribution in [2.24, 2.45) is 0 Å². The molecule has 0 spiro atoms. The summed E-state index contributed by atoms with van der Waals surface area (Å²) in [5, 5.41) is 8.47. The van der Waals surface area contributed by atoms with E-state index in [4.69, 9.17) is 9.84 Å². The third kappa shape index (κ3) is 5.37. The van der Waals surface area contributed by atoms with Gasteiger partial charge in [-0.1, -0.05) is 6.92 Å². The van der Waals surface area contributed by atoms with Gasteiger partial charge in [0.25, 0.3) is 5.91 Å². The van der Waals surface area contributed by atoms with Crippen LogP contribution in [0.25, 0.3) is 0 Å². The molecular weight excluding hydrogens is 198 g/mol. The average molecular weight is 217 g/mol. The van der Waals surface area contributed by atoms with Crippen LogP contribution >= 0.6 is 0 Å². The molecule has 0 aliphatic rings. The maximum absolute atomic E-state index is 11.7. The van der Waals surface area contributed by atoms with Gasteiger partial charge in [0.2, 0.25) is 0 Å². The number of hydrogen-bond donors (Lipinski definition) is 1. The number of amides is 1. The number of hydrogen-bond acceptors (Lipinski definition) is 3. The van der Waals surface area contributed by atoms with Crippen LogP contribution in [0.3, 0.4) is 0 Å². The van der Waals surface area contributed by atoms with Crippen molar-refractivity contribution in [2.75, 3.05) is 20.2 Å². The Bertz CT molecular complexity index is 217. The summed E-state index contributed by atoms with van der Waals surface area (Å²) in [4.78, 5) is 23.4. The van der Waals surface area contributed by atoms with Crippen molar-refractivity contribution in [3.05, 3.63) is 0 Å². The standard InChI is InChI=1S/C10H19NO4/c1-4-8(15-5-2)10(14)11(3)7-6-9(12)13/h8H,4-7H2,1-3H3,(H,12,13). The van der Waals surface area contributed by atoms with Gasteiger partial charge in [0, 0.05) is 20.2 Å². The van der Waals surface area contributed by atoms with Crippen molar-refractivity contribution in [3.63, 3.8) is 0 Å². The number of nitrogens with zero attached hydrogens (tertiary/aromatic N) is 1. The highest BCUT2D eigenvalue weighted by Crippen LogP contribution is 2.03. The first-order valence-electron chi connectivity index (χ1n) is 5.11. The molecule has 0 aromatic heterocycles. The van der Waals surface area contributed by atoms with Crippen molar-refractivity contribution in [2.45, 2.75) is 32.8 Å². The molecule has 15 heavy (non-hydrogen) atoms. The van der Waals surface area contributed by atoms with Gasteiger partial charge >= 0.3 is 5.97 Å². The summed E-state index contributed by atoms with van der Waals surface area (Å²) in [6.07, 6.45) is 0.114. The molecule has 5 nitrogen and oxygen atoms in total. The molecule has 1 N–H and O–H groups in total. The number of rotatable bonds is 7. The van der Waals surface area contributed by atoms with Crippen LogP contribution in [0.4, 0.5) is 0 Å². The lowest BCUT2D eigenvalue weighted by molar-refractivity contribution is -0.143. The molecule has 88 valence electrons. The first-order chi connectivity index (χ1) is 7.02. The quantitative estimate of drug-likeness (QED) is 0.682. The molecule has 0 saturated heterocycles. The number of carboxylic acids is 1. The second kappa shape index (κ2) is 7.23. The molecule has 0 aliphatic carbocycles. The van der Waals surface area contributed by atoms with E-state index < -0.39 is 12.1 Å². The first-order valence-corrected chi connectivity index (χ1v) is 5.11. The molecule has 1 atom stereocenters. The van der Waals surface area contributed by atoms with Crippen molar-refractivity contribution in [3.8, 4) is 0 Å². The SMILES string of the molecule is CCOC(CC)C(=O)N(C)CCC(=O)O. The van der Waals surface area contributed by atoms with Crippen LogP contribution in [-0.2, 0) is 14.3 Å². The van der Waals surface area contributed by atoms with Gasteiger partial charge in [-0.15, -0.1) is 0 Å². The monoisotopic (exact) mass is 217 g/mol. The van der Waals surface area contributed by atoms with E-state index in [9.17, 15) is 9.59 Å². The number of carboxylic acid groups (broad SMARTS) is 1. The van der Waals surface area contributed by atoms with E-state index in [1.807, 2.05) is 13.8 Å². The second-order valence-corrected chi connectivity index (χ2v) is 3.26. The fraction of sp³-hybridized carbons (Fsp3) is 0.800. The summed E-state index contributed by atoms with van der Waals surface area (Å²) >= 11 is 0. The third-order valence-electron chi connectivity index (χ3n) is 2.05. The maximum atomic E-state index is 11.7. The molecule has 0 aromatic rings. The molecule has 0 rings (SSSR count). The van der Waals surface area contributed by atoms with Crippen LogP contribution < -0.4 is 0 Å². The van der Waals surface area contributed by atoms with Crippen LogP contribution in [0.15, 0.2) is 0 Å². The number of aliphatic carboxylic acids is 1. The normalized spacial score (nSPS) is 12.2. The van der Waals surface area contributed by atoms with Crippen LogP contribution in [0.5, 0.6) is 0 Å². The number of likely N-dealkylation sites (N-methyl/N-ethyl adjacent to an activating group) is 1. The molecule has 0 saturated carbocycles. The summed E-state index contributed by atoms with van der Waals surface area (Å²) in [5.41, 5.74) is 0. The topological polar surface area (TPSA) is 66.8 Å². The molecule has 0 radical (unpaired) electrons. The van der Waals surface area contributed by atoms with Crippen LogP contribution in [-0.4, -0.2) is 48.2 Å². The average Bonchev–Trinajstić information content (AvgIpc) is 2.21. The highest BCUT2D eigenvalue weighted by molar-refractivity contribution is 5.81. The van der Waals surface area contributed by atoms with Gasteiger partial charge in [-0.05, 0) is 13.3 Å². The summed E-state index contributed by atoms with van der Waals surface area (Å²) < 4.78 is 5.24. The van der Waals surface area contributed by atoms with Gasteiger partial charge in [-0.3, -0.25) is 9.59 Å². The summed E-state index contributed by atoms with van der Waals surface area (Å²) in [6, 6.07) is 0. The van der Waals surface area contributed by atoms with Gasteiger partial charge in [0.15, 0.2) is 0 Å². The zero-order valence-electron chi connectivity index (χ0n) is 9.52. The fourth-order valence-corrected chi connectivity index (χ4v) is 1.18. The molecular formula is C10H19NO4. The van der Waals surface area contributed by atoms with Crippen LogP contribution in [0.1, 0.15) is 26.7 Å². The van der Waals surface area contributed by atoms with Gasteiger partial charge in [0.1, 0.15) is 6.10 Å². The Morgan fingerprint density at radius 1 is 1.40 bits per heavy atom. The Hall–Kier alpha value is -1.10. The minimum Gasteiger partial charge on any atom is -0.481 e. The van der Waals surface area contributed by atoms with Crippen molar-refractivity contribution < 1.29 is 19.4 Å². The first kappa shape index (κ1) is 13.9. The smallest absolute Gasteiger partial charge is 0.305 e. The molecule has 0 fully saturated rings. The van der Waals surface area contributed by atoms with E-state index in [0.717, 1.165) is 0 Å². The molecule has 1 unspecified atom stereocenters. The van der Waals surface area contributed by atoms with E-state index >= 15 is 0 Å². The zero-order chi connectivity index (χ0) is 11.8. The molecule has 0 heterocycles. The molecule has 1 amide bonds. The summed E-state index contributed by atoms with van der Waals surface area (Å²) in [5.74, 6) is -1.06. The van der Waals surface area contributed by atoms with Crippen molar-refractivity contribution in [1.29, 1.82) is 0 Å². The molecule has 0 bridgehead atoms. The van der Waals surface area contributed by atoms with Gasteiger partial charge in [-0.2, -0.15) is 0 Å². The minimum atomic E-state index is -0.904. The Labute approximate surface area is 90.0 Å². The zero-order valence-corrected chi connectivity index (χ0v) is 9.52. The van der Waals surface area contributed by atoms with Crippen molar-refractivity contribution >= 4 is 11.9 Å². The number of ether oxygens (including phenoxy) is 1. The lowest BCUT2D eigenvalue weighted by atomic mass is 10.2. The number of carbonyl (C=O) groups excluding carboxylic acids is 1. The highest BCUT2D eigenvalue weighted by Gasteiger charge is 2.20. The van der Waals surface area contributed by atoms with E-state index in [1.54, 1.807) is 7.05 Å². The predicted molar refractivity (Wildman–Crippen MR) is 55.6 cm³/mol. The third-order valence-corrected chi connectivity index (χ3v) is 2.05. The fourth-order valence-electron chi connectivity index (χ4n) is 1.18. The Kier molecular flexibility index (Phi) is 6.70. The van der Waals surface area contributed by atoms with Gasteiger partial charge in [0.05, 0.1) is 6.42 Å². The number of carbonyl (C=O) groups is 2. The highest BCUT2D eigenvalue weighted by atomic mass is 16.5. The molecule has 5 heteroatoms. The lowest BCUT2D eigenvalue weighted by Gasteiger charge is -2.22.